The zero-order valence-electron chi connectivity index (χ0n) is 6.78. The molecule has 0 saturated heterocycles. The van der Waals surface area contributed by atoms with Gasteiger partial charge in [-0.3, -0.25) is 10.1 Å². The fraction of sp³-hybridized carbons (Fsp3) is 0.111. The number of aromatic amines is 1. The van der Waals surface area contributed by atoms with Crippen molar-refractivity contribution in [2.45, 2.75) is 6.92 Å². The quantitative estimate of drug-likeness (QED) is 0.689. The minimum atomic E-state index is 1.03. The molecule has 0 saturated carbocycles. The van der Waals surface area contributed by atoms with Crippen LogP contribution in [0.2, 0.25) is 0 Å². The first kappa shape index (κ1) is 7.03. The highest BCUT2D eigenvalue weighted by atomic mass is 15.1. The molecule has 0 aliphatic heterocycles. The predicted octanol–water partition coefficient (Wildman–Crippen LogP) is 1.78. The SMILES string of the molecule is Cc1ncccc1-c1cn[nH]c1. The number of aryl methyl sites for hydroxylation is 1. The molecule has 3 nitrogen and oxygen atoms in total. The number of nitrogens with one attached hydrogen (secondary N) is 1. The van der Waals surface area contributed by atoms with Crippen molar-refractivity contribution in [2.24, 2.45) is 0 Å². The van der Waals surface area contributed by atoms with E-state index in [2.05, 4.69) is 15.2 Å². The molecule has 0 bridgehead atoms. The number of pyridine rings is 1. The summed E-state index contributed by atoms with van der Waals surface area (Å²) in [6.07, 6.45) is 5.45. The molecule has 0 fully saturated rings. The second-order valence-electron chi connectivity index (χ2n) is 2.62. The summed E-state index contributed by atoms with van der Waals surface area (Å²) in [5, 5.41) is 6.66. The summed E-state index contributed by atoms with van der Waals surface area (Å²) in [6, 6.07) is 3.96. The highest BCUT2D eigenvalue weighted by Crippen LogP contribution is 2.19. The molecule has 2 rings (SSSR count). The molecular weight excluding hydrogens is 150 g/mol. The lowest BCUT2D eigenvalue weighted by atomic mass is 10.1. The molecular formula is C9H9N3. The van der Waals surface area contributed by atoms with E-state index < -0.39 is 0 Å². The van der Waals surface area contributed by atoms with Crippen LogP contribution in [0.5, 0.6) is 0 Å². The van der Waals surface area contributed by atoms with Crippen LogP contribution in [0.15, 0.2) is 30.7 Å². The van der Waals surface area contributed by atoms with Crippen LogP contribution in [-0.4, -0.2) is 15.2 Å². The molecule has 3 heteroatoms. The maximum atomic E-state index is 4.19. The largest absolute Gasteiger partial charge is 0.285 e. The van der Waals surface area contributed by atoms with E-state index in [1.165, 1.54) is 0 Å². The summed E-state index contributed by atoms with van der Waals surface area (Å²) in [5.74, 6) is 0. The van der Waals surface area contributed by atoms with Crippen LogP contribution in [0.4, 0.5) is 0 Å². The van der Waals surface area contributed by atoms with Gasteiger partial charge in [0.05, 0.1) is 6.20 Å². The molecule has 2 aromatic rings. The highest BCUT2D eigenvalue weighted by Gasteiger charge is 2.01. The van der Waals surface area contributed by atoms with Gasteiger partial charge < -0.3 is 0 Å². The van der Waals surface area contributed by atoms with Crippen LogP contribution in [-0.2, 0) is 0 Å². The monoisotopic (exact) mass is 159 g/mol. The van der Waals surface area contributed by atoms with Gasteiger partial charge in [-0.25, -0.2) is 0 Å². The second-order valence-corrected chi connectivity index (χ2v) is 2.62. The molecule has 1 N–H and O–H groups in total. The van der Waals surface area contributed by atoms with E-state index in [4.69, 9.17) is 0 Å². The Kier molecular flexibility index (Phi) is 1.63. The molecule has 0 aliphatic carbocycles. The molecule has 0 radical (unpaired) electrons. The first-order valence-electron chi connectivity index (χ1n) is 3.78. The third-order valence-electron chi connectivity index (χ3n) is 1.82. The molecule has 0 aromatic carbocycles. The van der Waals surface area contributed by atoms with E-state index in [-0.39, 0.29) is 0 Å². The van der Waals surface area contributed by atoms with E-state index in [1.54, 1.807) is 12.4 Å². The summed E-state index contributed by atoms with van der Waals surface area (Å²) in [6.45, 7) is 1.99. The standard InChI is InChI=1S/C9H9N3/c1-7-9(3-2-4-10-7)8-5-11-12-6-8/h2-6H,1H3,(H,11,12). The van der Waals surface area contributed by atoms with Gasteiger partial charge in [0.15, 0.2) is 0 Å². The summed E-state index contributed by atoms with van der Waals surface area (Å²) in [4.78, 5) is 4.19. The topological polar surface area (TPSA) is 41.6 Å². The third-order valence-corrected chi connectivity index (χ3v) is 1.82. The summed E-state index contributed by atoms with van der Waals surface area (Å²) in [5.41, 5.74) is 3.24. The molecule has 0 spiro atoms. The van der Waals surface area contributed by atoms with E-state index >= 15 is 0 Å². The maximum absolute atomic E-state index is 4.19. The second kappa shape index (κ2) is 2.77. The molecule has 0 aliphatic rings. The van der Waals surface area contributed by atoms with Crippen LogP contribution in [0, 0.1) is 6.92 Å². The van der Waals surface area contributed by atoms with Gasteiger partial charge in [0.25, 0.3) is 0 Å². The van der Waals surface area contributed by atoms with Gasteiger partial charge in [-0.05, 0) is 13.0 Å². The Balaban J connectivity index is 2.55. The van der Waals surface area contributed by atoms with Gasteiger partial charge in [0.1, 0.15) is 0 Å². The summed E-state index contributed by atoms with van der Waals surface area (Å²) in [7, 11) is 0. The van der Waals surface area contributed by atoms with Crippen molar-refractivity contribution in [1.29, 1.82) is 0 Å². The van der Waals surface area contributed by atoms with Crippen molar-refractivity contribution in [2.75, 3.05) is 0 Å². The van der Waals surface area contributed by atoms with Crippen LogP contribution >= 0.6 is 0 Å². The first-order valence-corrected chi connectivity index (χ1v) is 3.78. The summed E-state index contributed by atoms with van der Waals surface area (Å²) < 4.78 is 0. The maximum Gasteiger partial charge on any atom is 0.0566 e. The lowest BCUT2D eigenvalue weighted by Crippen LogP contribution is -1.83. The molecule has 12 heavy (non-hydrogen) atoms. The van der Waals surface area contributed by atoms with E-state index in [0.717, 1.165) is 16.8 Å². The Morgan fingerprint density at radius 2 is 2.33 bits per heavy atom. The van der Waals surface area contributed by atoms with E-state index in [1.807, 2.05) is 25.3 Å². The first-order chi connectivity index (χ1) is 5.88. The van der Waals surface area contributed by atoms with Crippen molar-refractivity contribution < 1.29 is 0 Å². The van der Waals surface area contributed by atoms with Gasteiger partial charge in [0, 0.05) is 29.2 Å². The average Bonchev–Trinajstić information content (AvgIpc) is 2.57. The molecule has 2 heterocycles. The molecule has 0 unspecified atom stereocenters. The zero-order valence-corrected chi connectivity index (χ0v) is 6.78. The van der Waals surface area contributed by atoms with E-state index in [9.17, 15) is 0 Å². The number of hydrogen-bond acceptors (Lipinski definition) is 2. The fourth-order valence-corrected chi connectivity index (χ4v) is 1.19. The normalized spacial score (nSPS) is 10.1. The Labute approximate surface area is 70.5 Å². The predicted molar refractivity (Wildman–Crippen MR) is 46.6 cm³/mol. The van der Waals surface area contributed by atoms with Gasteiger partial charge >= 0.3 is 0 Å². The number of hydrogen-bond donors (Lipinski definition) is 1. The lowest BCUT2D eigenvalue weighted by molar-refractivity contribution is 1.09. The Morgan fingerprint density at radius 1 is 1.42 bits per heavy atom. The number of nitrogens with zero attached hydrogens (tertiary/aromatic N) is 2. The van der Waals surface area contributed by atoms with Crippen molar-refractivity contribution in [3.05, 3.63) is 36.4 Å². The minimum absolute atomic E-state index is 1.03. The highest BCUT2D eigenvalue weighted by molar-refractivity contribution is 5.63. The van der Waals surface area contributed by atoms with Crippen LogP contribution in [0.3, 0.4) is 0 Å². The van der Waals surface area contributed by atoms with Crippen molar-refractivity contribution in [1.82, 2.24) is 15.2 Å². The number of aromatic nitrogens is 3. The smallest absolute Gasteiger partial charge is 0.0566 e. The minimum Gasteiger partial charge on any atom is -0.285 e. The van der Waals surface area contributed by atoms with Crippen LogP contribution in [0.1, 0.15) is 5.69 Å². The van der Waals surface area contributed by atoms with E-state index in [0.29, 0.717) is 0 Å². The van der Waals surface area contributed by atoms with Crippen molar-refractivity contribution in [3.8, 4) is 11.1 Å². The van der Waals surface area contributed by atoms with Gasteiger partial charge in [-0.1, -0.05) is 6.07 Å². The molecule has 60 valence electrons. The third kappa shape index (κ3) is 1.09. The zero-order chi connectivity index (χ0) is 8.39. The van der Waals surface area contributed by atoms with Gasteiger partial charge in [-0.2, -0.15) is 5.10 Å². The lowest BCUT2D eigenvalue weighted by Gasteiger charge is -1.99. The Bertz CT molecular complexity index is 365. The van der Waals surface area contributed by atoms with Crippen molar-refractivity contribution >= 4 is 0 Å². The molecule has 2 aromatic heterocycles. The summed E-state index contributed by atoms with van der Waals surface area (Å²) >= 11 is 0. The van der Waals surface area contributed by atoms with Crippen molar-refractivity contribution in [3.63, 3.8) is 0 Å². The Hall–Kier alpha value is -1.64. The molecule has 0 atom stereocenters. The van der Waals surface area contributed by atoms with Gasteiger partial charge in [0.2, 0.25) is 0 Å². The number of H-pyrrole nitrogens is 1. The van der Waals surface area contributed by atoms with Crippen LogP contribution < -0.4 is 0 Å². The fourth-order valence-electron chi connectivity index (χ4n) is 1.19. The average molecular weight is 159 g/mol. The number of rotatable bonds is 1. The van der Waals surface area contributed by atoms with Gasteiger partial charge in [-0.15, -0.1) is 0 Å². The Morgan fingerprint density at radius 3 is 3.00 bits per heavy atom. The molecule has 0 amide bonds. The van der Waals surface area contributed by atoms with Crippen LogP contribution in [0.25, 0.3) is 11.1 Å².